The summed E-state index contributed by atoms with van der Waals surface area (Å²) < 4.78 is 0. The molecule has 371 valence electrons. The van der Waals surface area contributed by atoms with Crippen LogP contribution in [-0.4, -0.2) is 42.4 Å². The minimum Gasteiger partial charge on any atom is -0.398 e. The first kappa shape index (κ1) is 48.9. The van der Waals surface area contributed by atoms with Gasteiger partial charge in [-0.1, -0.05) is 156 Å². The zero-order chi connectivity index (χ0) is 51.1. The number of benzene rings is 8. The van der Waals surface area contributed by atoms with Crippen LogP contribution in [-0.2, 0) is 38.7 Å². The monoisotopic (exact) mass is 1020 g/mol. The third-order valence-electron chi connectivity index (χ3n) is 14.9. The van der Waals surface area contributed by atoms with Crippen molar-refractivity contribution in [1.29, 1.82) is 0 Å². The summed E-state index contributed by atoms with van der Waals surface area (Å²) in [7, 11) is 1.79. The van der Waals surface area contributed by atoms with E-state index in [9.17, 15) is 0 Å². The summed E-state index contributed by atoms with van der Waals surface area (Å²) >= 11 is 0. The van der Waals surface area contributed by atoms with Gasteiger partial charge in [0.05, 0.1) is 17.5 Å². The minimum absolute atomic E-state index is 0. The van der Waals surface area contributed by atoms with E-state index in [1.54, 1.807) is 7.05 Å². The molecule has 8 nitrogen and oxygen atoms in total. The fraction of sp³-hybridized carbons (Fsp3) is 0.262. The van der Waals surface area contributed by atoms with E-state index in [-0.39, 0.29) is 38.7 Å². The second kappa shape index (κ2) is 17.1. The summed E-state index contributed by atoms with van der Waals surface area (Å²) in [6, 6.07) is 44.5. The van der Waals surface area contributed by atoms with E-state index in [1.165, 1.54) is 27.6 Å². The van der Waals surface area contributed by atoms with Crippen LogP contribution in [0.3, 0.4) is 0 Å². The topological polar surface area (TPSA) is 102 Å². The van der Waals surface area contributed by atoms with E-state index in [0.29, 0.717) is 40.8 Å². The molecule has 1 radical (unpaired) electrons. The molecule has 4 heterocycles. The molecule has 8 aromatic carbocycles. The van der Waals surface area contributed by atoms with Crippen LogP contribution in [0.2, 0.25) is 0 Å². The zero-order valence-electron chi connectivity index (χ0n) is 44.5. The van der Waals surface area contributed by atoms with Gasteiger partial charge in [-0.15, -0.1) is 0 Å². The first-order valence-electron chi connectivity index (χ1n) is 25.4. The first-order valence-corrected chi connectivity index (χ1v) is 25.4. The van der Waals surface area contributed by atoms with Gasteiger partial charge < -0.3 is 30.3 Å². The Hall–Kier alpha value is -7.32. The fourth-order valence-electron chi connectivity index (χ4n) is 10.3. The van der Waals surface area contributed by atoms with Crippen molar-refractivity contribution in [3.8, 4) is 0 Å². The van der Waals surface area contributed by atoms with Gasteiger partial charge in [0, 0.05) is 51.8 Å². The summed E-state index contributed by atoms with van der Waals surface area (Å²) in [6.45, 7) is 27.0. The van der Waals surface area contributed by atoms with Crippen LogP contribution in [0.25, 0.3) is 59.2 Å². The molecule has 0 N–H and O–H groups in total. The van der Waals surface area contributed by atoms with Gasteiger partial charge in [0.2, 0.25) is 0 Å². The number of aromatic nitrogens is 1. The third-order valence-corrected chi connectivity index (χ3v) is 14.9. The first-order chi connectivity index (χ1) is 34.5. The second-order valence-electron chi connectivity index (χ2n) is 24.3. The van der Waals surface area contributed by atoms with Crippen molar-refractivity contribution in [3.05, 3.63) is 182 Å². The van der Waals surface area contributed by atoms with Crippen molar-refractivity contribution in [2.75, 3.05) is 7.05 Å². The predicted molar refractivity (Wildman–Crippen MR) is 310 cm³/mol. The molecule has 74 heavy (non-hydrogen) atoms. The number of hydrogen-bond donors (Lipinski definition) is 0. The van der Waals surface area contributed by atoms with Gasteiger partial charge in [0.25, 0.3) is 0 Å². The minimum atomic E-state index is -0.0332. The normalized spacial score (nSPS) is 16.9. The molecule has 0 saturated heterocycles. The fourth-order valence-corrected chi connectivity index (χ4v) is 10.3. The average molecular weight is 1020 g/mol. The van der Waals surface area contributed by atoms with Crippen LogP contribution in [0.5, 0.6) is 0 Å². The molecule has 0 unspecified atom stereocenters. The van der Waals surface area contributed by atoms with Crippen molar-refractivity contribution >= 4 is 101 Å². The maximum absolute atomic E-state index is 5.44. The quantitative estimate of drug-likeness (QED) is 0.158. The van der Waals surface area contributed by atoms with Crippen LogP contribution in [0.4, 0.5) is 11.6 Å². The molecule has 12 rings (SSSR count). The molecule has 0 atom stereocenters. The van der Waals surface area contributed by atoms with Gasteiger partial charge in [0.1, 0.15) is 0 Å². The number of aliphatic imine (C=N–C) groups is 6. The summed E-state index contributed by atoms with van der Waals surface area (Å²) in [6.07, 6.45) is 1.92. The Morgan fingerprint density at radius 1 is 0.392 bits per heavy atom. The van der Waals surface area contributed by atoms with Gasteiger partial charge in [-0.25, -0.2) is 4.99 Å². The summed E-state index contributed by atoms with van der Waals surface area (Å²) in [5, 5.41) is 15.9. The molecule has 0 amide bonds. The molecule has 0 bridgehead atoms. The Labute approximate surface area is 444 Å². The van der Waals surface area contributed by atoms with E-state index >= 15 is 0 Å². The maximum Gasteiger partial charge on any atom is 2.00 e. The maximum atomic E-state index is 5.44. The van der Waals surface area contributed by atoms with Crippen LogP contribution < -0.4 is 4.98 Å². The Bertz CT molecular complexity index is 4090. The van der Waals surface area contributed by atoms with E-state index in [1.807, 2.05) is 6.21 Å². The van der Waals surface area contributed by atoms with E-state index in [4.69, 9.17) is 35.3 Å². The van der Waals surface area contributed by atoms with Crippen molar-refractivity contribution < 1.29 is 17.1 Å². The molecule has 9 aromatic rings. The van der Waals surface area contributed by atoms with Gasteiger partial charge >= 0.3 is 17.1 Å². The molecule has 0 fully saturated rings. The van der Waals surface area contributed by atoms with Crippen LogP contribution in [0.15, 0.2) is 151 Å². The summed E-state index contributed by atoms with van der Waals surface area (Å²) in [5.41, 5.74) is 10.7. The Balaban J connectivity index is 0.00000588. The second-order valence-corrected chi connectivity index (χ2v) is 24.3. The van der Waals surface area contributed by atoms with Crippen LogP contribution >= 0.6 is 0 Å². The van der Waals surface area contributed by atoms with Gasteiger partial charge in [-0.2, -0.15) is 0 Å². The van der Waals surface area contributed by atoms with Crippen molar-refractivity contribution in [2.45, 2.75) is 105 Å². The van der Waals surface area contributed by atoms with Gasteiger partial charge in [0.15, 0.2) is 0 Å². The molecule has 0 saturated carbocycles. The molecule has 9 heteroatoms. The Kier molecular flexibility index (Phi) is 11.3. The van der Waals surface area contributed by atoms with Crippen molar-refractivity contribution in [3.63, 3.8) is 0 Å². The van der Waals surface area contributed by atoms with Crippen LogP contribution in [0.1, 0.15) is 139 Å². The van der Waals surface area contributed by atoms with Crippen LogP contribution in [0, 0.1) is 0 Å². The Morgan fingerprint density at radius 2 is 0.797 bits per heavy atom. The standard InChI is InChI=1S/C65H60N8.Cu/c1-62(2,3)44-18-14-35-22-43-34-67-56(48(43)30-39(35)23-44)69-58-51-28-37-16-20-46(64(7,8)9)25-41(37)32-53(51)61(71-58)73-59-52-29-38-17-21-47(65(10,11)12)26-42(38)33-54(52)60(72-59)70-57-50-27-36-15-19-45(63(4,5)6)24-40(36)31-49(50)55(66-13)68-57;/h14-34H,1-13H3;/q-2;+2/b69-56-;. The molecule has 3 aliphatic heterocycles. The molecular weight excluding hydrogens is 956 g/mol. The summed E-state index contributed by atoms with van der Waals surface area (Å²) in [5.74, 6) is 4.01. The van der Waals surface area contributed by atoms with E-state index in [0.717, 1.165) is 81.9 Å². The smallest absolute Gasteiger partial charge is 0.398 e. The van der Waals surface area contributed by atoms with Gasteiger partial charge in [-0.3, -0.25) is 4.99 Å². The zero-order valence-corrected chi connectivity index (χ0v) is 45.4. The Morgan fingerprint density at radius 3 is 1.31 bits per heavy atom. The molecule has 0 spiro atoms. The summed E-state index contributed by atoms with van der Waals surface area (Å²) in [4.78, 5) is 36.3. The largest absolute Gasteiger partial charge is 2.00 e. The average Bonchev–Trinajstić information content (AvgIpc) is 4.08. The van der Waals surface area contributed by atoms with E-state index in [2.05, 4.69) is 209 Å². The SMILES string of the molecule is CN=C1[N-]C(=NC2=NC(=Nc3[n-]c(/N=C4\N=Cc5cc6ccc(C(C)(C)C)cc6cc54)c4cc5ccc(C(C)(C)C)cc5cc34)c3cc4ccc(C(C)(C)C)cc4cc32)c2cc3ccc(C(C)(C)C)cc3cc21.[Cu+2]. The predicted octanol–water partition coefficient (Wildman–Crippen LogP) is 16.2. The number of rotatable bonds is 2. The van der Waals surface area contributed by atoms with Gasteiger partial charge in [-0.05, 0) is 164 Å². The molecule has 1 aromatic heterocycles. The third kappa shape index (κ3) is 8.50. The number of amidine groups is 5. The van der Waals surface area contributed by atoms with E-state index < -0.39 is 0 Å². The number of fused-ring (bicyclic) bond motifs is 8. The van der Waals surface area contributed by atoms with Crippen molar-refractivity contribution in [1.82, 2.24) is 4.98 Å². The molecule has 3 aliphatic rings. The number of nitrogens with zero attached hydrogens (tertiary/aromatic N) is 8. The molecule has 0 aliphatic carbocycles. The number of hydrogen-bond acceptors (Lipinski definition) is 4. The molecular formula is C65H60CuN8. The van der Waals surface area contributed by atoms with Crippen molar-refractivity contribution in [2.24, 2.45) is 30.0 Å².